The zero-order valence-electron chi connectivity index (χ0n) is 11.3. The molecule has 1 atom stereocenters. The van der Waals surface area contributed by atoms with Crippen LogP contribution < -0.4 is 11.1 Å². The summed E-state index contributed by atoms with van der Waals surface area (Å²) in [4.78, 5) is 12.1. The van der Waals surface area contributed by atoms with Crippen LogP contribution in [0.2, 0.25) is 5.02 Å². The van der Waals surface area contributed by atoms with Crippen LogP contribution in [-0.2, 0) is 4.79 Å². The first-order chi connectivity index (χ1) is 9.00. The lowest BCUT2D eigenvalue weighted by molar-refractivity contribution is -0.122. The maximum Gasteiger partial charge on any atom is 0.222 e. The van der Waals surface area contributed by atoms with Gasteiger partial charge in [0.05, 0.1) is 6.04 Å². The molecule has 1 aliphatic carbocycles. The summed E-state index contributed by atoms with van der Waals surface area (Å²) in [6, 6.07) is 7.48. The predicted octanol–water partition coefficient (Wildman–Crippen LogP) is 3.18. The monoisotopic (exact) mass is 280 g/mol. The van der Waals surface area contributed by atoms with Gasteiger partial charge in [0.1, 0.15) is 0 Å². The van der Waals surface area contributed by atoms with Crippen LogP contribution in [0, 0.1) is 0 Å². The van der Waals surface area contributed by atoms with Crippen molar-refractivity contribution in [1.82, 2.24) is 5.32 Å². The molecule has 3 nitrogen and oxygen atoms in total. The minimum atomic E-state index is -0.301. The molecule has 1 aliphatic rings. The molecule has 19 heavy (non-hydrogen) atoms. The van der Waals surface area contributed by atoms with Gasteiger partial charge in [0.2, 0.25) is 5.91 Å². The Balaban J connectivity index is 1.94. The molecule has 0 saturated heterocycles. The van der Waals surface area contributed by atoms with Crippen LogP contribution in [0.5, 0.6) is 0 Å². The van der Waals surface area contributed by atoms with E-state index in [4.69, 9.17) is 17.3 Å². The van der Waals surface area contributed by atoms with E-state index in [1.165, 1.54) is 0 Å². The summed E-state index contributed by atoms with van der Waals surface area (Å²) in [5.74, 6) is 0.0109. The summed E-state index contributed by atoms with van der Waals surface area (Å²) in [5, 5.41) is 3.67. The summed E-state index contributed by atoms with van der Waals surface area (Å²) in [5.41, 5.74) is 6.86. The second kappa shape index (κ2) is 5.93. The topological polar surface area (TPSA) is 55.1 Å². The van der Waals surface area contributed by atoms with Crippen molar-refractivity contribution in [1.29, 1.82) is 0 Å². The minimum Gasteiger partial charge on any atom is -0.349 e. The molecular formula is C15H21ClN2O. The Bertz CT molecular complexity index is 455. The van der Waals surface area contributed by atoms with Gasteiger partial charge in [-0.25, -0.2) is 0 Å². The highest BCUT2D eigenvalue weighted by molar-refractivity contribution is 6.31. The van der Waals surface area contributed by atoms with Crippen molar-refractivity contribution in [3.63, 3.8) is 0 Å². The highest BCUT2D eigenvalue weighted by atomic mass is 35.5. The first-order valence-electron chi connectivity index (χ1n) is 6.83. The summed E-state index contributed by atoms with van der Waals surface area (Å²) >= 11 is 6.12. The lowest BCUT2D eigenvalue weighted by Crippen LogP contribution is -2.42. The Morgan fingerprint density at radius 2 is 2.05 bits per heavy atom. The van der Waals surface area contributed by atoms with Crippen molar-refractivity contribution in [2.24, 2.45) is 5.73 Å². The van der Waals surface area contributed by atoms with Crippen LogP contribution in [0.3, 0.4) is 0 Å². The number of amides is 1. The molecule has 104 valence electrons. The van der Waals surface area contributed by atoms with Crippen molar-refractivity contribution >= 4 is 17.5 Å². The van der Waals surface area contributed by atoms with Crippen LogP contribution >= 0.6 is 11.6 Å². The standard InChI is InChI=1S/C15H21ClN2O/c1-11(12-6-2-3-7-13(12)16)18-14(19)10-15(17)8-4-5-9-15/h2-3,6-7,11H,4-5,8-10,17H2,1H3,(H,18,19). The zero-order chi connectivity index (χ0) is 13.9. The molecule has 1 amide bonds. The smallest absolute Gasteiger partial charge is 0.222 e. The Morgan fingerprint density at radius 3 is 2.68 bits per heavy atom. The molecule has 1 aromatic rings. The molecule has 0 radical (unpaired) electrons. The molecule has 0 heterocycles. The fourth-order valence-corrected chi connectivity index (χ4v) is 3.07. The maximum absolute atomic E-state index is 12.1. The van der Waals surface area contributed by atoms with E-state index >= 15 is 0 Å². The highest BCUT2D eigenvalue weighted by Crippen LogP contribution is 2.30. The van der Waals surface area contributed by atoms with E-state index in [1.807, 2.05) is 31.2 Å². The van der Waals surface area contributed by atoms with Crippen LogP contribution in [0.4, 0.5) is 0 Å². The molecule has 4 heteroatoms. The summed E-state index contributed by atoms with van der Waals surface area (Å²) in [6.45, 7) is 1.94. The van der Waals surface area contributed by atoms with Crippen LogP contribution in [0.1, 0.15) is 50.6 Å². The molecule has 0 bridgehead atoms. The Labute approximate surface area is 119 Å². The molecule has 1 aromatic carbocycles. The van der Waals surface area contributed by atoms with Gasteiger partial charge in [-0.15, -0.1) is 0 Å². The number of hydrogen-bond acceptors (Lipinski definition) is 2. The van der Waals surface area contributed by atoms with E-state index in [-0.39, 0.29) is 17.5 Å². The lowest BCUT2D eigenvalue weighted by Gasteiger charge is -2.24. The van der Waals surface area contributed by atoms with Crippen molar-refractivity contribution in [2.45, 2.75) is 50.6 Å². The predicted molar refractivity (Wildman–Crippen MR) is 78.0 cm³/mol. The van der Waals surface area contributed by atoms with Gasteiger partial charge in [0.15, 0.2) is 0 Å². The minimum absolute atomic E-state index is 0.0109. The summed E-state index contributed by atoms with van der Waals surface area (Å²) in [7, 11) is 0. The molecule has 0 aliphatic heterocycles. The van der Waals surface area contributed by atoms with E-state index in [0.29, 0.717) is 11.4 Å². The van der Waals surface area contributed by atoms with Gasteiger partial charge >= 0.3 is 0 Å². The number of nitrogens with one attached hydrogen (secondary N) is 1. The van der Waals surface area contributed by atoms with Gasteiger partial charge in [0.25, 0.3) is 0 Å². The number of halogens is 1. The summed E-state index contributed by atoms with van der Waals surface area (Å²) < 4.78 is 0. The number of carbonyl (C=O) groups is 1. The lowest BCUT2D eigenvalue weighted by atomic mass is 9.94. The first kappa shape index (κ1) is 14.4. The maximum atomic E-state index is 12.1. The van der Waals surface area contributed by atoms with E-state index in [2.05, 4.69) is 5.32 Å². The third-order valence-corrected chi connectivity index (χ3v) is 4.21. The van der Waals surface area contributed by atoms with E-state index in [9.17, 15) is 4.79 Å². The van der Waals surface area contributed by atoms with Gasteiger partial charge < -0.3 is 11.1 Å². The Hall–Kier alpha value is -1.06. The number of benzene rings is 1. The molecule has 0 spiro atoms. The highest BCUT2D eigenvalue weighted by Gasteiger charge is 2.32. The van der Waals surface area contributed by atoms with Crippen molar-refractivity contribution in [3.8, 4) is 0 Å². The SMILES string of the molecule is CC(NC(=O)CC1(N)CCCC1)c1ccccc1Cl. The van der Waals surface area contributed by atoms with Gasteiger partial charge in [-0.05, 0) is 31.4 Å². The van der Waals surface area contributed by atoms with Crippen molar-refractivity contribution < 1.29 is 4.79 Å². The quantitative estimate of drug-likeness (QED) is 0.890. The molecule has 2 rings (SSSR count). The average molecular weight is 281 g/mol. The second-order valence-corrected chi connectivity index (χ2v) is 5.96. The van der Waals surface area contributed by atoms with Crippen LogP contribution in [-0.4, -0.2) is 11.4 Å². The average Bonchev–Trinajstić information content (AvgIpc) is 2.75. The van der Waals surface area contributed by atoms with Crippen molar-refractivity contribution in [2.75, 3.05) is 0 Å². The van der Waals surface area contributed by atoms with Crippen LogP contribution in [0.15, 0.2) is 24.3 Å². The second-order valence-electron chi connectivity index (χ2n) is 5.56. The molecular weight excluding hydrogens is 260 g/mol. The summed E-state index contributed by atoms with van der Waals surface area (Å²) in [6.07, 6.45) is 4.55. The van der Waals surface area contributed by atoms with E-state index in [0.717, 1.165) is 31.2 Å². The number of carbonyl (C=O) groups excluding carboxylic acids is 1. The molecule has 1 fully saturated rings. The number of hydrogen-bond donors (Lipinski definition) is 2. The first-order valence-corrected chi connectivity index (χ1v) is 7.21. The zero-order valence-corrected chi connectivity index (χ0v) is 12.0. The van der Waals surface area contributed by atoms with Gasteiger partial charge in [-0.1, -0.05) is 42.6 Å². The normalized spacial score (nSPS) is 19.1. The van der Waals surface area contributed by atoms with E-state index < -0.39 is 0 Å². The molecule has 0 aromatic heterocycles. The largest absolute Gasteiger partial charge is 0.349 e. The van der Waals surface area contributed by atoms with Crippen LogP contribution in [0.25, 0.3) is 0 Å². The molecule has 1 saturated carbocycles. The fraction of sp³-hybridized carbons (Fsp3) is 0.533. The molecule has 3 N–H and O–H groups in total. The molecule has 1 unspecified atom stereocenters. The number of nitrogens with two attached hydrogens (primary N) is 1. The Morgan fingerprint density at radius 1 is 1.42 bits per heavy atom. The van der Waals surface area contributed by atoms with Gasteiger partial charge in [-0.2, -0.15) is 0 Å². The number of rotatable bonds is 4. The van der Waals surface area contributed by atoms with Crippen molar-refractivity contribution in [3.05, 3.63) is 34.9 Å². The Kier molecular flexibility index (Phi) is 4.48. The van der Waals surface area contributed by atoms with E-state index in [1.54, 1.807) is 0 Å². The third kappa shape index (κ3) is 3.71. The van der Waals surface area contributed by atoms with Gasteiger partial charge in [0, 0.05) is 17.0 Å². The third-order valence-electron chi connectivity index (χ3n) is 3.86. The van der Waals surface area contributed by atoms with Gasteiger partial charge in [-0.3, -0.25) is 4.79 Å². The fourth-order valence-electron chi connectivity index (χ4n) is 2.77.